The van der Waals surface area contributed by atoms with E-state index >= 15 is 0 Å². The number of hydrogen-bond acceptors (Lipinski definition) is 4. The Morgan fingerprint density at radius 1 is 1.47 bits per heavy atom. The zero-order chi connectivity index (χ0) is 10.7. The van der Waals surface area contributed by atoms with Gasteiger partial charge < -0.3 is 4.90 Å². The highest BCUT2D eigenvalue weighted by atomic mass is 16.1. The molecule has 1 aliphatic rings. The molecule has 0 aliphatic carbocycles. The fourth-order valence-electron chi connectivity index (χ4n) is 1.86. The van der Waals surface area contributed by atoms with E-state index in [1.54, 1.807) is 6.20 Å². The Hall–Kier alpha value is -1.45. The molecule has 1 fully saturated rings. The van der Waals surface area contributed by atoms with Gasteiger partial charge in [0.05, 0.1) is 0 Å². The summed E-state index contributed by atoms with van der Waals surface area (Å²) in [4.78, 5) is 21.2. The number of piperidine rings is 1. The number of nitrogens with zero attached hydrogens (tertiary/aromatic N) is 3. The molecule has 2 heterocycles. The van der Waals surface area contributed by atoms with Crippen molar-refractivity contribution in [2.45, 2.75) is 12.8 Å². The number of anilines is 1. The molecule has 0 bridgehead atoms. The third-order valence-electron chi connectivity index (χ3n) is 2.79. The van der Waals surface area contributed by atoms with Crippen molar-refractivity contribution in [2.75, 3.05) is 18.0 Å². The van der Waals surface area contributed by atoms with Gasteiger partial charge in [0.15, 0.2) is 0 Å². The summed E-state index contributed by atoms with van der Waals surface area (Å²) in [5.74, 6) is 0.772. The number of rotatable bonds is 2. The van der Waals surface area contributed by atoms with Crippen LogP contribution in [0.3, 0.4) is 0 Å². The Bertz CT molecular complexity index is 331. The standard InChI is InChI=1S/C11H13N3O/c1-9(15)10-3-6-14(7-4-10)11-2-5-12-8-13-11/h1-2,5,8,10H,3-4,6-7H2. The Morgan fingerprint density at radius 3 is 2.73 bits per heavy atom. The smallest absolute Gasteiger partial charge is 0.140 e. The summed E-state index contributed by atoms with van der Waals surface area (Å²) in [5.41, 5.74) is 0. The molecule has 4 nitrogen and oxygen atoms in total. The van der Waals surface area contributed by atoms with Crippen molar-refractivity contribution in [3.63, 3.8) is 0 Å². The van der Waals surface area contributed by atoms with Crippen LogP contribution in [0, 0.1) is 12.8 Å². The molecule has 2 rings (SSSR count). The number of hydrogen-bond donors (Lipinski definition) is 0. The van der Waals surface area contributed by atoms with Crippen molar-refractivity contribution in [1.29, 1.82) is 0 Å². The highest BCUT2D eigenvalue weighted by Crippen LogP contribution is 2.21. The van der Waals surface area contributed by atoms with E-state index in [-0.39, 0.29) is 11.7 Å². The van der Waals surface area contributed by atoms with Gasteiger partial charge in [-0.2, -0.15) is 0 Å². The molecule has 0 aromatic carbocycles. The minimum Gasteiger partial charge on any atom is -0.356 e. The lowest BCUT2D eigenvalue weighted by Crippen LogP contribution is -2.36. The molecule has 1 aromatic heterocycles. The topological polar surface area (TPSA) is 46.1 Å². The Balaban J connectivity index is 1.97. The maximum absolute atomic E-state index is 11.0. The van der Waals surface area contributed by atoms with Crippen molar-refractivity contribution in [3.8, 4) is 0 Å². The third kappa shape index (κ3) is 2.32. The summed E-state index contributed by atoms with van der Waals surface area (Å²) in [7, 11) is 0. The summed E-state index contributed by atoms with van der Waals surface area (Å²) in [6.45, 7) is 6.94. The highest BCUT2D eigenvalue weighted by molar-refractivity contribution is 5.85. The summed E-state index contributed by atoms with van der Waals surface area (Å²) in [5, 5.41) is 0. The average molecular weight is 203 g/mol. The molecule has 0 N–H and O–H groups in total. The maximum Gasteiger partial charge on any atom is 0.140 e. The van der Waals surface area contributed by atoms with Gasteiger partial charge in [-0.15, -0.1) is 0 Å². The normalized spacial score (nSPS) is 17.8. The molecule has 1 saturated heterocycles. The summed E-state index contributed by atoms with van der Waals surface area (Å²) >= 11 is 0. The minimum absolute atomic E-state index is 0.0306. The molecule has 1 aromatic rings. The second kappa shape index (κ2) is 4.38. The van der Waals surface area contributed by atoms with Gasteiger partial charge in [0.1, 0.15) is 17.9 Å². The van der Waals surface area contributed by atoms with Crippen LogP contribution in [0.25, 0.3) is 0 Å². The van der Waals surface area contributed by atoms with E-state index in [0.29, 0.717) is 0 Å². The van der Waals surface area contributed by atoms with Crippen molar-refractivity contribution in [3.05, 3.63) is 25.5 Å². The van der Waals surface area contributed by atoms with Crippen LogP contribution in [0.15, 0.2) is 18.6 Å². The van der Waals surface area contributed by atoms with Crippen LogP contribution in [0.1, 0.15) is 12.8 Å². The van der Waals surface area contributed by atoms with Crippen LogP contribution < -0.4 is 4.90 Å². The average Bonchev–Trinajstić information content (AvgIpc) is 2.30. The minimum atomic E-state index is -0.183. The second-order valence-corrected chi connectivity index (χ2v) is 3.73. The first kappa shape index (κ1) is 10.1. The molecule has 15 heavy (non-hydrogen) atoms. The van der Waals surface area contributed by atoms with E-state index in [4.69, 9.17) is 6.92 Å². The van der Waals surface area contributed by atoms with E-state index in [0.717, 1.165) is 31.7 Å². The van der Waals surface area contributed by atoms with Crippen LogP contribution in [0.5, 0.6) is 0 Å². The lowest BCUT2D eigenvalue weighted by atomic mass is 9.93. The molecule has 0 saturated carbocycles. The van der Waals surface area contributed by atoms with Gasteiger partial charge in [-0.25, -0.2) is 9.97 Å². The molecule has 2 radical (unpaired) electrons. The second-order valence-electron chi connectivity index (χ2n) is 3.73. The van der Waals surface area contributed by atoms with Crippen molar-refractivity contribution in [1.82, 2.24) is 9.97 Å². The predicted octanol–water partition coefficient (Wildman–Crippen LogP) is 0.973. The summed E-state index contributed by atoms with van der Waals surface area (Å²) < 4.78 is 0. The quantitative estimate of drug-likeness (QED) is 0.718. The number of carbonyl (C=O) groups is 1. The molecular formula is C11H13N3O. The third-order valence-corrected chi connectivity index (χ3v) is 2.79. The van der Waals surface area contributed by atoms with Crippen LogP contribution in [0.4, 0.5) is 5.82 Å². The Morgan fingerprint density at radius 2 is 2.20 bits per heavy atom. The van der Waals surface area contributed by atoms with E-state index in [9.17, 15) is 4.79 Å². The van der Waals surface area contributed by atoms with Gasteiger partial charge in [0.25, 0.3) is 0 Å². The van der Waals surface area contributed by atoms with Crippen LogP contribution >= 0.6 is 0 Å². The highest BCUT2D eigenvalue weighted by Gasteiger charge is 2.22. The summed E-state index contributed by atoms with van der Waals surface area (Å²) in [6, 6.07) is 1.88. The van der Waals surface area contributed by atoms with Gasteiger partial charge in [0.2, 0.25) is 0 Å². The first-order chi connectivity index (χ1) is 7.27. The lowest BCUT2D eigenvalue weighted by Gasteiger charge is -2.31. The predicted molar refractivity (Wildman–Crippen MR) is 56.3 cm³/mol. The van der Waals surface area contributed by atoms with E-state index < -0.39 is 0 Å². The molecule has 78 valence electrons. The molecule has 4 heteroatoms. The van der Waals surface area contributed by atoms with Gasteiger partial charge in [0, 0.05) is 32.1 Å². The first-order valence-corrected chi connectivity index (χ1v) is 5.07. The van der Waals surface area contributed by atoms with Crippen molar-refractivity contribution in [2.24, 2.45) is 5.92 Å². The van der Waals surface area contributed by atoms with E-state index in [1.165, 1.54) is 6.33 Å². The largest absolute Gasteiger partial charge is 0.356 e. The maximum atomic E-state index is 11.0. The van der Waals surface area contributed by atoms with Crippen LogP contribution in [0.2, 0.25) is 0 Å². The molecule has 0 unspecified atom stereocenters. The van der Waals surface area contributed by atoms with E-state index in [1.807, 2.05) is 6.07 Å². The van der Waals surface area contributed by atoms with Gasteiger partial charge >= 0.3 is 0 Å². The number of carbonyl (C=O) groups excluding carboxylic acids is 1. The molecule has 0 spiro atoms. The van der Waals surface area contributed by atoms with Crippen LogP contribution in [-0.2, 0) is 4.79 Å². The Kier molecular flexibility index (Phi) is 2.94. The molecule has 0 atom stereocenters. The number of aromatic nitrogens is 2. The molecular weight excluding hydrogens is 190 g/mol. The number of Topliss-reactive ketones (excluding diaryl/α,β-unsaturated/α-hetero) is 1. The lowest BCUT2D eigenvalue weighted by molar-refractivity contribution is -0.119. The van der Waals surface area contributed by atoms with E-state index in [2.05, 4.69) is 14.9 Å². The van der Waals surface area contributed by atoms with Gasteiger partial charge in [-0.05, 0) is 18.9 Å². The van der Waals surface area contributed by atoms with Crippen molar-refractivity contribution < 1.29 is 4.79 Å². The Labute approximate surface area is 89.3 Å². The van der Waals surface area contributed by atoms with Gasteiger partial charge in [-0.3, -0.25) is 4.79 Å². The fourth-order valence-corrected chi connectivity index (χ4v) is 1.86. The molecule has 1 aliphatic heterocycles. The van der Waals surface area contributed by atoms with Crippen LogP contribution in [-0.4, -0.2) is 28.8 Å². The monoisotopic (exact) mass is 203 g/mol. The number of ketones is 1. The fraction of sp³-hybridized carbons (Fsp3) is 0.455. The molecule has 0 amide bonds. The summed E-state index contributed by atoms with van der Waals surface area (Å²) in [6.07, 6.45) is 4.90. The first-order valence-electron chi connectivity index (χ1n) is 5.07. The zero-order valence-corrected chi connectivity index (χ0v) is 8.47. The zero-order valence-electron chi connectivity index (χ0n) is 8.47. The van der Waals surface area contributed by atoms with Gasteiger partial charge in [-0.1, -0.05) is 0 Å². The SMILES string of the molecule is [CH]C(=O)C1CCN(c2ccncn2)CC1. The van der Waals surface area contributed by atoms with Crippen molar-refractivity contribution >= 4 is 11.6 Å².